The minimum absolute atomic E-state index is 0.146. The molecule has 0 spiro atoms. The molecule has 20 heavy (non-hydrogen) atoms. The van der Waals surface area contributed by atoms with Gasteiger partial charge in [0.05, 0.1) is 6.54 Å². The van der Waals surface area contributed by atoms with Gasteiger partial charge in [0.2, 0.25) is 5.91 Å². The highest BCUT2D eigenvalue weighted by Gasteiger charge is 2.16. The van der Waals surface area contributed by atoms with Gasteiger partial charge >= 0.3 is 0 Å². The van der Waals surface area contributed by atoms with Crippen LogP contribution in [0, 0.1) is 5.82 Å². The Kier molecular flexibility index (Phi) is 5.49. The van der Waals surface area contributed by atoms with Crippen molar-refractivity contribution in [2.24, 2.45) is 0 Å². The van der Waals surface area contributed by atoms with Crippen LogP contribution in [-0.2, 0) is 11.3 Å². The van der Waals surface area contributed by atoms with Crippen LogP contribution in [0.3, 0.4) is 0 Å². The molecular weight excluding hydrogens is 257 g/mol. The van der Waals surface area contributed by atoms with E-state index >= 15 is 0 Å². The van der Waals surface area contributed by atoms with Crippen LogP contribution in [0.25, 0.3) is 0 Å². The molecule has 0 saturated carbocycles. The van der Waals surface area contributed by atoms with Crippen LogP contribution in [0.5, 0.6) is 0 Å². The van der Waals surface area contributed by atoms with Crippen molar-refractivity contribution in [3.8, 4) is 0 Å². The third kappa shape index (κ3) is 4.58. The molecule has 1 heterocycles. The maximum absolute atomic E-state index is 13.1. The Morgan fingerprint density at radius 3 is 3.05 bits per heavy atom. The molecule has 0 radical (unpaired) electrons. The second-order valence-corrected chi connectivity index (χ2v) is 5.29. The van der Waals surface area contributed by atoms with Gasteiger partial charge in [0.25, 0.3) is 0 Å². The van der Waals surface area contributed by atoms with Gasteiger partial charge in [0.15, 0.2) is 0 Å². The van der Waals surface area contributed by atoms with Crippen LogP contribution in [0.1, 0.15) is 12.0 Å². The van der Waals surface area contributed by atoms with E-state index in [1.54, 1.807) is 6.07 Å². The normalized spacial score (nSPS) is 16.2. The number of carbonyl (C=O) groups is 1. The van der Waals surface area contributed by atoms with E-state index in [1.807, 2.05) is 22.9 Å². The fourth-order valence-electron chi connectivity index (χ4n) is 2.43. The van der Waals surface area contributed by atoms with E-state index in [-0.39, 0.29) is 11.7 Å². The highest BCUT2D eigenvalue weighted by molar-refractivity contribution is 5.78. The van der Waals surface area contributed by atoms with E-state index in [2.05, 4.69) is 5.32 Å². The molecule has 0 unspecified atom stereocenters. The monoisotopic (exact) mass is 279 g/mol. The number of nitrogens with zero attached hydrogens (tertiary/aromatic N) is 2. The first kappa shape index (κ1) is 14.9. The highest BCUT2D eigenvalue weighted by atomic mass is 19.1. The topological polar surface area (TPSA) is 35.6 Å². The van der Waals surface area contributed by atoms with E-state index in [4.69, 9.17) is 0 Å². The number of nitrogens with one attached hydrogen (secondary N) is 1. The van der Waals surface area contributed by atoms with Crippen molar-refractivity contribution in [1.29, 1.82) is 0 Å². The molecule has 0 aliphatic carbocycles. The maximum atomic E-state index is 13.1. The van der Waals surface area contributed by atoms with Crippen LogP contribution in [0.15, 0.2) is 24.3 Å². The summed E-state index contributed by atoms with van der Waals surface area (Å²) in [6.07, 6.45) is 0.999. The Morgan fingerprint density at radius 1 is 1.40 bits per heavy atom. The van der Waals surface area contributed by atoms with Crippen molar-refractivity contribution in [3.63, 3.8) is 0 Å². The zero-order valence-corrected chi connectivity index (χ0v) is 11.9. The van der Waals surface area contributed by atoms with E-state index in [0.29, 0.717) is 13.1 Å². The molecule has 1 aliphatic heterocycles. The lowest BCUT2D eigenvalue weighted by Crippen LogP contribution is -2.40. The quantitative estimate of drug-likeness (QED) is 0.896. The molecular formula is C15H22FN3O. The molecule has 2 rings (SSSR count). The van der Waals surface area contributed by atoms with Gasteiger partial charge in [0.1, 0.15) is 5.82 Å². The van der Waals surface area contributed by atoms with Crippen molar-refractivity contribution in [1.82, 2.24) is 15.1 Å². The summed E-state index contributed by atoms with van der Waals surface area (Å²) in [5.41, 5.74) is 0.887. The predicted molar refractivity (Wildman–Crippen MR) is 76.8 cm³/mol. The number of rotatable bonds is 4. The van der Waals surface area contributed by atoms with Crippen LogP contribution in [0.4, 0.5) is 4.39 Å². The summed E-state index contributed by atoms with van der Waals surface area (Å²) in [4.78, 5) is 16.0. The summed E-state index contributed by atoms with van der Waals surface area (Å²) < 4.78 is 13.1. The fourth-order valence-corrected chi connectivity index (χ4v) is 2.43. The summed E-state index contributed by atoms with van der Waals surface area (Å²) in [6, 6.07) is 6.51. The summed E-state index contributed by atoms with van der Waals surface area (Å²) in [7, 11) is 1.89. The Morgan fingerprint density at radius 2 is 2.25 bits per heavy atom. The molecule has 1 aliphatic rings. The molecule has 1 aromatic carbocycles. The number of benzene rings is 1. The van der Waals surface area contributed by atoms with Gasteiger partial charge in [-0.2, -0.15) is 0 Å². The van der Waals surface area contributed by atoms with Crippen LogP contribution < -0.4 is 5.32 Å². The number of carbonyl (C=O) groups excluding carboxylic acids is 1. The highest BCUT2D eigenvalue weighted by Crippen LogP contribution is 2.07. The van der Waals surface area contributed by atoms with Gasteiger partial charge < -0.3 is 10.2 Å². The molecule has 5 heteroatoms. The standard InChI is InChI=1S/C15H22FN3O/c1-18(11-13-4-2-5-14(16)10-13)12-15(20)19-8-3-6-17-7-9-19/h2,4-5,10,17H,3,6-9,11-12H2,1H3. The van der Waals surface area contributed by atoms with Gasteiger partial charge in [-0.15, -0.1) is 0 Å². The lowest BCUT2D eigenvalue weighted by molar-refractivity contribution is -0.132. The van der Waals surface area contributed by atoms with Gasteiger partial charge in [0, 0.05) is 26.2 Å². The van der Waals surface area contributed by atoms with Crippen LogP contribution in [0.2, 0.25) is 0 Å². The number of hydrogen-bond donors (Lipinski definition) is 1. The molecule has 4 nitrogen and oxygen atoms in total. The Labute approximate surface area is 119 Å². The molecule has 0 atom stereocenters. The van der Waals surface area contributed by atoms with Crippen LogP contribution in [-0.4, -0.2) is 55.5 Å². The first-order valence-electron chi connectivity index (χ1n) is 7.06. The molecule has 0 aromatic heterocycles. The lowest BCUT2D eigenvalue weighted by Gasteiger charge is -2.23. The van der Waals surface area contributed by atoms with Crippen molar-refractivity contribution in [2.75, 3.05) is 39.8 Å². The molecule has 1 fully saturated rings. The molecule has 1 aromatic rings. The summed E-state index contributed by atoms with van der Waals surface area (Å²) in [6.45, 7) is 4.38. The van der Waals surface area contributed by atoms with Gasteiger partial charge in [-0.3, -0.25) is 9.69 Å². The third-order valence-corrected chi connectivity index (χ3v) is 3.44. The molecule has 0 bridgehead atoms. The van der Waals surface area contributed by atoms with Crippen molar-refractivity contribution < 1.29 is 9.18 Å². The van der Waals surface area contributed by atoms with Gasteiger partial charge in [-0.25, -0.2) is 4.39 Å². The number of likely N-dealkylation sites (N-methyl/N-ethyl adjacent to an activating group) is 1. The minimum Gasteiger partial charge on any atom is -0.340 e. The zero-order valence-electron chi connectivity index (χ0n) is 11.9. The zero-order chi connectivity index (χ0) is 14.4. The maximum Gasteiger partial charge on any atom is 0.236 e. The molecule has 110 valence electrons. The Hall–Kier alpha value is -1.46. The van der Waals surface area contributed by atoms with Gasteiger partial charge in [-0.1, -0.05) is 12.1 Å². The molecule has 1 saturated heterocycles. The third-order valence-electron chi connectivity index (χ3n) is 3.44. The van der Waals surface area contributed by atoms with Crippen molar-refractivity contribution in [2.45, 2.75) is 13.0 Å². The summed E-state index contributed by atoms with van der Waals surface area (Å²) in [5.74, 6) is -0.0894. The van der Waals surface area contributed by atoms with E-state index in [9.17, 15) is 9.18 Å². The minimum atomic E-state index is -0.235. The second-order valence-electron chi connectivity index (χ2n) is 5.29. The smallest absolute Gasteiger partial charge is 0.236 e. The number of halogens is 1. The predicted octanol–water partition coefficient (Wildman–Crippen LogP) is 1.08. The second kappa shape index (κ2) is 7.36. The van der Waals surface area contributed by atoms with E-state index < -0.39 is 0 Å². The van der Waals surface area contributed by atoms with Crippen molar-refractivity contribution in [3.05, 3.63) is 35.6 Å². The number of amides is 1. The lowest BCUT2D eigenvalue weighted by atomic mass is 10.2. The fraction of sp³-hybridized carbons (Fsp3) is 0.533. The largest absolute Gasteiger partial charge is 0.340 e. The van der Waals surface area contributed by atoms with Gasteiger partial charge in [-0.05, 0) is 37.7 Å². The van der Waals surface area contributed by atoms with Crippen molar-refractivity contribution >= 4 is 5.91 Å². The summed E-state index contributed by atoms with van der Waals surface area (Å²) >= 11 is 0. The first-order chi connectivity index (χ1) is 9.65. The molecule has 1 N–H and O–H groups in total. The Balaban J connectivity index is 1.84. The Bertz CT molecular complexity index is 444. The van der Waals surface area contributed by atoms with E-state index in [1.165, 1.54) is 12.1 Å². The molecule has 1 amide bonds. The average molecular weight is 279 g/mol. The first-order valence-corrected chi connectivity index (χ1v) is 7.06. The van der Waals surface area contributed by atoms with E-state index in [0.717, 1.165) is 38.2 Å². The van der Waals surface area contributed by atoms with Crippen LogP contribution >= 0.6 is 0 Å². The SMILES string of the molecule is CN(CC(=O)N1CCCNCC1)Cc1cccc(F)c1. The number of hydrogen-bond acceptors (Lipinski definition) is 3. The average Bonchev–Trinajstić information content (AvgIpc) is 2.67. The summed E-state index contributed by atoms with van der Waals surface area (Å²) in [5, 5.41) is 3.28.